The van der Waals surface area contributed by atoms with E-state index in [9.17, 15) is 0 Å². The number of rotatable bonds is 5. The summed E-state index contributed by atoms with van der Waals surface area (Å²) in [5.74, 6) is 0. The number of nitrogens with zero attached hydrogens (tertiary/aromatic N) is 2. The zero-order chi connectivity index (χ0) is 15.4. The van der Waals surface area contributed by atoms with Crippen LogP contribution in [0.25, 0.3) is 5.69 Å². The molecule has 0 saturated heterocycles. The van der Waals surface area contributed by atoms with Crippen LogP contribution in [-0.2, 0) is 6.54 Å². The lowest BCUT2D eigenvalue weighted by Gasteiger charge is -2.13. The number of benzene rings is 2. The lowest BCUT2D eigenvalue weighted by atomic mass is 10.1. The Hall–Kier alpha value is -1.91. The van der Waals surface area contributed by atoms with Crippen LogP contribution in [0.2, 0.25) is 0 Å². The first kappa shape index (κ1) is 15.0. The molecular formula is C18H18BrN3. The quantitative estimate of drug-likeness (QED) is 0.730. The Labute approximate surface area is 139 Å². The lowest BCUT2D eigenvalue weighted by Crippen LogP contribution is -2.17. The highest BCUT2D eigenvalue weighted by atomic mass is 79.9. The van der Waals surface area contributed by atoms with Crippen molar-refractivity contribution in [1.29, 1.82) is 0 Å². The van der Waals surface area contributed by atoms with Crippen LogP contribution in [0, 0.1) is 0 Å². The fourth-order valence-electron chi connectivity index (χ4n) is 2.31. The van der Waals surface area contributed by atoms with Gasteiger partial charge >= 0.3 is 0 Å². The van der Waals surface area contributed by atoms with Crippen LogP contribution in [0.4, 0.5) is 0 Å². The van der Waals surface area contributed by atoms with Crippen LogP contribution in [0.3, 0.4) is 0 Å². The van der Waals surface area contributed by atoms with E-state index in [2.05, 4.69) is 75.9 Å². The molecule has 0 aliphatic heterocycles. The molecule has 112 valence electrons. The standard InChI is InChI=1S/C18H18BrN3/c1-14(16-7-9-17(19)10-8-16)20-11-15-12-21-22(13-15)18-5-3-2-4-6-18/h2-10,12-14,20H,11H2,1H3. The van der Waals surface area contributed by atoms with Gasteiger partial charge in [0.25, 0.3) is 0 Å². The van der Waals surface area contributed by atoms with Crippen molar-refractivity contribution in [1.82, 2.24) is 15.1 Å². The lowest BCUT2D eigenvalue weighted by molar-refractivity contribution is 0.574. The van der Waals surface area contributed by atoms with Gasteiger partial charge in [-0.1, -0.05) is 46.3 Å². The van der Waals surface area contributed by atoms with Crippen LogP contribution in [-0.4, -0.2) is 9.78 Å². The SMILES string of the molecule is CC(NCc1cnn(-c2ccccc2)c1)c1ccc(Br)cc1. The smallest absolute Gasteiger partial charge is 0.0645 e. The molecule has 1 aromatic heterocycles. The van der Waals surface area contributed by atoms with Crippen molar-refractivity contribution < 1.29 is 0 Å². The van der Waals surface area contributed by atoms with E-state index >= 15 is 0 Å². The van der Waals surface area contributed by atoms with Gasteiger partial charge in [-0.2, -0.15) is 5.10 Å². The van der Waals surface area contributed by atoms with Crippen molar-refractivity contribution in [2.24, 2.45) is 0 Å². The molecule has 0 aliphatic rings. The van der Waals surface area contributed by atoms with Crippen LogP contribution in [0.1, 0.15) is 24.1 Å². The van der Waals surface area contributed by atoms with Crippen molar-refractivity contribution in [2.45, 2.75) is 19.5 Å². The topological polar surface area (TPSA) is 29.9 Å². The van der Waals surface area contributed by atoms with E-state index in [4.69, 9.17) is 0 Å². The summed E-state index contributed by atoms with van der Waals surface area (Å²) in [6.07, 6.45) is 3.98. The third-order valence-corrected chi connectivity index (χ3v) is 4.17. The van der Waals surface area contributed by atoms with Crippen LogP contribution >= 0.6 is 15.9 Å². The predicted molar refractivity (Wildman–Crippen MR) is 93.0 cm³/mol. The summed E-state index contributed by atoms with van der Waals surface area (Å²) in [7, 11) is 0. The number of para-hydroxylation sites is 1. The molecule has 1 unspecified atom stereocenters. The van der Waals surface area contributed by atoms with Gasteiger partial charge < -0.3 is 5.32 Å². The fraction of sp³-hybridized carbons (Fsp3) is 0.167. The molecule has 2 aromatic carbocycles. The van der Waals surface area contributed by atoms with Gasteiger partial charge in [0.1, 0.15) is 0 Å². The molecule has 0 bridgehead atoms. The number of nitrogens with one attached hydrogen (secondary N) is 1. The molecule has 22 heavy (non-hydrogen) atoms. The van der Waals surface area contributed by atoms with Gasteiger partial charge in [-0.05, 0) is 36.8 Å². The molecule has 3 nitrogen and oxygen atoms in total. The normalized spacial score (nSPS) is 12.3. The fourth-order valence-corrected chi connectivity index (χ4v) is 2.58. The molecule has 0 spiro atoms. The van der Waals surface area contributed by atoms with E-state index in [1.807, 2.05) is 29.1 Å². The molecule has 0 amide bonds. The molecule has 3 aromatic rings. The van der Waals surface area contributed by atoms with E-state index in [1.165, 1.54) is 11.1 Å². The van der Waals surface area contributed by atoms with Gasteiger partial charge in [0.2, 0.25) is 0 Å². The van der Waals surface area contributed by atoms with Gasteiger partial charge in [-0.3, -0.25) is 0 Å². The summed E-state index contributed by atoms with van der Waals surface area (Å²) in [4.78, 5) is 0. The third-order valence-electron chi connectivity index (χ3n) is 3.64. The zero-order valence-corrected chi connectivity index (χ0v) is 14.0. The first-order valence-electron chi connectivity index (χ1n) is 7.30. The Morgan fingerprint density at radius 1 is 1.09 bits per heavy atom. The second-order valence-corrected chi connectivity index (χ2v) is 6.20. The molecule has 1 atom stereocenters. The summed E-state index contributed by atoms with van der Waals surface area (Å²) in [6.45, 7) is 2.97. The minimum Gasteiger partial charge on any atom is -0.306 e. The average Bonchev–Trinajstić information content (AvgIpc) is 3.03. The highest BCUT2D eigenvalue weighted by Gasteiger charge is 2.06. The highest BCUT2D eigenvalue weighted by Crippen LogP contribution is 2.17. The number of aromatic nitrogens is 2. The van der Waals surface area contributed by atoms with Gasteiger partial charge in [-0.15, -0.1) is 0 Å². The average molecular weight is 356 g/mol. The Morgan fingerprint density at radius 3 is 2.55 bits per heavy atom. The maximum absolute atomic E-state index is 4.42. The molecule has 1 N–H and O–H groups in total. The van der Waals surface area contributed by atoms with Crippen molar-refractivity contribution in [3.8, 4) is 5.69 Å². The summed E-state index contributed by atoms with van der Waals surface area (Å²) in [5.41, 5.74) is 3.53. The second kappa shape index (κ2) is 6.90. The minimum absolute atomic E-state index is 0.299. The van der Waals surface area contributed by atoms with E-state index in [0.29, 0.717) is 6.04 Å². The number of hydrogen-bond donors (Lipinski definition) is 1. The maximum Gasteiger partial charge on any atom is 0.0645 e. The molecule has 0 fully saturated rings. The van der Waals surface area contributed by atoms with Crippen molar-refractivity contribution >= 4 is 15.9 Å². The second-order valence-electron chi connectivity index (χ2n) is 5.28. The van der Waals surface area contributed by atoms with Crippen LogP contribution in [0.5, 0.6) is 0 Å². The van der Waals surface area contributed by atoms with E-state index < -0.39 is 0 Å². The Morgan fingerprint density at radius 2 is 1.82 bits per heavy atom. The third kappa shape index (κ3) is 3.64. The summed E-state index contributed by atoms with van der Waals surface area (Å²) in [5, 5.41) is 7.95. The Balaban J connectivity index is 1.62. The molecule has 3 rings (SSSR count). The zero-order valence-electron chi connectivity index (χ0n) is 12.4. The Bertz CT molecular complexity index is 720. The molecule has 4 heteroatoms. The highest BCUT2D eigenvalue weighted by molar-refractivity contribution is 9.10. The molecular weight excluding hydrogens is 338 g/mol. The summed E-state index contributed by atoms with van der Waals surface area (Å²) < 4.78 is 3.01. The van der Waals surface area contributed by atoms with E-state index in [1.54, 1.807) is 0 Å². The van der Waals surface area contributed by atoms with Crippen molar-refractivity contribution in [2.75, 3.05) is 0 Å². The van der Waals surface area contributed by atoms with Crippen molar-refractivity contribution in [3.63, 3.8) is 0 Å². The van der Waals surface area contributed by atoms with E-state index in [0.717, 1.165) is 16.7 Å². The van der Waals surface area contributed by atoms with Gasteiger partial charge in [0, 0.05) is 28.8 Å². The first-order chi connectivity index (χ1) is 10.7. The van der Waals surface area contributed by atoms with Gasteiger partial charge in [0.15, 0.2) is 0 Å². The molecule has 1 heterocycles. The first-order valence-corrected chi connectivity index (χ1v) is 8.09. The molecule has 0 aliphatic carbocycles. The summed E-state index contributed by atoms with van der Waals surface area (Å²) in [6, 6.07) is 18.9. The number of hydrogen-bond acceptors (Lipinski definition) is 2. The maximum atomic E-state index is 4.42. The largest absolute Gasteiger partial charge is 0.306 e. The van der Waals surface area contributed by atoms with E-state index in [-0.39, 0.29) is 0 Å². The summed E-state index contributed by atoms with van der Waals surface area (Å²) >= 11 is 3.46. The minimum atomic E-state index is 0.299. The van der Waals surface area contributed by atoms with Crippen LogP contribution in [0.15, 0.2) is 71.5 Å². The number of halogens is 1. The van der Waals surface area contributed by atoms with Crippen LogP contribution < -0.4 is 5.32 Å². The Kier molecular flexibility index (Phi) is 4.71. The molecule has 0 saturated carbocycles. The van der Waals surface area contributed by atoms with Gasteiger partial charge in [0.05, 0.1) is 11.9 Å². The predicted octanol–water partition coefficient (Wildman–Crippen LogP) is 4.49. The monoisotopic (exact) mass is 355 g/mol. The molecule has 0 radical (unpaired) electrons. The van der Waals surface area contributed by atoms with Crippen molar-refractivity contribution in [3.05, 3.63) is 82.6 Å². The van der Waals surface area contributed by atoms with Gasteiger partial charge in [-0.25, -0.2) is 4.68 Å².